The van der Waals surface area contributed by atoms with Gasteiger partial charge in [-0.05, 0) is 36.5 Å². The Kier molecular flexibility index (Phi) is 2.62. The van der Waals surface area contributed by atoms with Crippen molar-refractivity contribution in [2.45, 2.75) is 33.1 Å². The Morgan fingerprint density at radius 2 is 1.80 bits per heavy atom. The summed E-state index contributed by atoms with van der Waals surface area (Å²) in [6, 6.07) is 0. The van der Waals surface area contributed by atoms with Crippen LogP contribution in [-0.2, 0) is 10.0 Å². The SMILES string of the molecule is CC(C)C1CC12CCN(S(C)(=O)=O)CC2. The topological polar surface area (TPSA) is 37.4 Å². The second-order valence-electron chi connectivity index (χ2n) is 5.58. The van der Waals surface area contributed by atoms with Gasteiger partial charge in [-0.1, -0.05) is 13.8 Å². The molecule has 1 spiro atoms. The van der Waals surface area contributed by atoms with Crippen molar-refractivity contribution in [3.8, 4) is 0 Å². The molecule has 4 heteroatoms. The molecule has 1 saturated carbocycles. The molecule has 0 aromatic carbocycles. The molecule has 1 saturated heterocycles. The molecule has 88 valence electrons. The van der Waals surface area contributed by atoms with Gasteiger partial charge in [-0.25, -0.2) is 12.7 Å². The third-order valence-electron chi connectivity index (χ3n) is 4.24. The smallest absolute Gasteiger partial charge is 0.211 e. The highest BCUT2D eigenvalue weighted by Gasteiger charge is 2.56. The van der Waals surface area contributed by atoms with Crippen LogP contribution in [0.4, 0.5) is 0 Å². The Labute approximate surface area is 92.9 Å². The molecule has 1 aliphatic carbocycles. The largest absolute Gasteiger partial charge is 0.213 e. The van der Waals surface area contributed by atoms with Crippen LogP contribution in [0.2, 0.25) is 0 Å². The van der Waals surface area contributed by atoms with Crippen molar-refractivity contribution in [3.63, 3.8) is 0 Å². The van der Waals surface area contributed by atoms with Crippen LogP contribution >= 0.6 is 0 Å². The lowest BCUT2D eigenvalue weighted by Gasteiger charge is -2.31. The van der Waals surface area contributed by atoms with Gasteiger partial charge in [0.1, 0.15) is 0 Å². The molecule has 2 aliphatic rings. The van der Waals surface area contributed by atoms with Crippen molar-refractivity contribution in [1.29, 1.82) is 0 Å². The van der Waals surface area contributed by atoms with Gasteiger partial charge in [0.25, 0.3) is 0 Å². The summed E-state index contributed by atoms with van der Waals surface area (Å²) in [5.41, 5.74) is 0.509. The highest BCUT2D eigenvalue weighted by molar-refractivity contribution is 7.88. The van der Waals surface area contributed by atoms with E-state index in [9.17, 15) is 8.42 Å². The molecular formula is C11H21NO2S. The fraction of sp³-hybridized carbons (Fsp3) is 1.00. The van der Waals surface area contributed by atoms with E-state index in [-0.39, 0.29) is 0 Å². The first-order valence-corrected chi connectivity index (χ1v) is 7.65. The molecule has 1 atom stereocenters. The molecule has 2 rings (SSSR count). The van der Waals surface area contributed by atoms with E-state index in [4.69, 9.17) is 0 Å². The zero-order valence-electron chi connectivity index (χ0n) is 9.86. The van der Waals surface area contributed by atoms with Crippen LogP contribution in [0.15, 0.2) is 0 Å². The maximum Gasteiger partial charge on any atom is 0.211 e. The Morgan fingerprint density at radius 3 is 2.13 bits per heavy atom. The van der Waals surface area contributed by atoms with E-state index in [1.54, 1.807) is 4.31 Å². The van der Waals surface area contributed by atoms with Crippen LogP contribution in [-0.4, -0.2) is 32.1 Å². The summed E-state index contributed by atoms with van der Waals surface area (Å²) < 4.78 is 24.4. The van der Waals surface area contributed by atoms with Gasteiger partial charge in [0.2, 0.25) is 10.0 Å². The Hall–Kier alpha value is -0.0900. The van der Waals surface area contributed by atoms with Gasteiger partial charge in [0, 0.05) is 13.1 Å². The number of hydrogen-bond donors (Lipinski definition) is 0. The fourth-order valence-corrected chi connectivity index (χ4v) is 4.01. The van der Waals surface area contributed by atoms with Crippen LogP contribution < -0.4 is 0 Å². The van der Waals surface area contributed by atoms with Crippen molar-refractivity contribution < 1.29 is 8.42 Å². The first-order chi connectivity index (χ1) is 6.85. The first kappa shape index (κ1) is 11.4. The third kappa shape index (κ3) is 2.07. The molecule has 0 aromatic heterocycles. The maximum absolute atomic E-state index is 11.4. The molecule has 15 heavy (non-hydrogen) atoms. The van der Waals surface area contributed by atoms with E-state index in [2.05, 4.69) is 13.8 Å². The molecule has 2 fully saturated rings. The average Bonchev–Trinajstić information content (AvgIpc) is 2.79. The van der Waals surface area contributed by atoms with Crippen LogP contribution in [0.5, 0.6) is 0 Å². The molecule has 0 amide bonds. The van der Waals surface area contributed by atoms with E-state index in [1.807, 2.05) is 0 Å². The number of hydrogen-bond acceptors (Lipinski definition) is 2. The maximum atomic E-state index is 11.4. The van der Waals surface area contributed by atoms with Crippen LogP contribution in [0.1, 0.15) is 33.1 Å². The summed E-state index contributed by atoms with van der Waals surface area (Å²) in [7, 11) is -2.95. The molecule has 0 aromatic rings. The molecule has 3 nitrogen and oxygen atoms in total. The normalized spacial score (nSPS) is 31.1. The summed E-state index contributed by atoms with van der Waals surface area (Å²) in [6.07, 6.45) is 4.78. The fourth-order valence-electron chi connectivity index (χ4n) is 3.16. The minimum Gasteiger partial charge on any atom is -0.213 e. The summed E-state index contributed by atoms with van der Waals surface area (Å²) in [5.74, 6) is 1.61. The van der Waals surface area contributed by atoms with E-state index in [0.717, 1.165) is 37.8 Å². The van der Waals surface area contributed by atoms with Gasteiger partial charge < -0.3 is 0 Å². The van der Waals surface area contributed by atoms with Crippen molar-refractivity contribution in [2.75, 3.05) is 19.3 Å². The van der Waals surface area contributed by atoms with Crippen LogP contribution in [0.25, 0.3) is 0 Å². The van der Waals surface area contributed by atoms with Crippen LogP contribution in [0.3, 0.4) is 0 Å². The highest BCUT2D eigenvalue weighted by Crippen LogP contribution is 2.62. The Balaban J connectivity index is 1.95. The second kappa shape index (κ2) is 3.45. The minimum atomic E-state index is -2.95. The molecular weight excluding hydrogens is 210 g/mol. The number of rotatable bonds is 2. The summed E-state index contributed by atoms with van der Waals surface area (Å²) in [5, 5.41) is 0. The molecule has 0 N–H and O–H groups in total. The van der Waals surface area contributed by atoms with E-state index in [1.165, 1.54) is 12.7 Å². The molecule has 0 radical (unpaired) electrons. The lowest BCUT2D eigenvalue weighted by Crippen LogP contribution is -2.39. The Bertz CT molecular complexity index is 340. The second-order valence-corrected chi connectivity index (χ2v) is 7.56. The highest BCUT2D eigenvalue weighted by atomic mass is 32.2. The van der Waals surface area contributed by atoms with Gasteiger partial charge in [-0.15, -0.1) is 0 Å². The van der Waals surface area contributed by atoms with Gasteiger partial charge >= 0.3 is 0 Å². The quantitative estimate of drug-likeness (QED) is 0.725. The first-order valence-electron chi connectivity index (χ1n) is 5.80. The van der Waals surface area contributed by atoms with Crippen molar-refractivity contribution in [1.82, 2.24) is 4.31 Å². The Morgan fingerprint density at radius 1 is 1.27 bits per heavy atom. The standard InChI is InChI=1S/C11H21NO2S/c1-9(2)10-8-11(10)4-6-12(7-5-11)15(3,13)14/h9-10H,4-8H2,1-3H3. The van der Waals surface area contributed by atoms with E-state index in [0.29, 0.717) is 5.41 Å². The van der Waals surface area contributed by atoms with E-state index < -0.39 is 10.0 Å². The van der Waals surface area contributed by atoms with Gasteiger partial charge in [-0.2, -0.15) is 0 Å². The summed E-state index contributed by atoms with van der Waals surface area (Å²) in [6.45, 7) is 6.04. The molecule has 1 aliphatic heterocycles. The van der Waals surface area contributed by atoms with E-state index >= 15 is 0 Å². The molecule has 0 bridgehead atoms. The van der Waals surface area contributed by atoms with Gasteiger partial charge in [0.15, 0.2) is 0 Å². The summed E-state index contributed by atoms with van der Waals surface area (Å²) >= 11 is 0. The molecule has 1 unspecified atom stereocenters. The van der Waals surface area contributed by atoms with Crippen molar-refractivity contribution >= 4 is 10.0 Å². The third-order valence-corrected chi connectivity index (χ3v) is 5.55. The predicted octanol–water partition coefficient (Wildman–Crippen LogP) is 1.70. The minimum absolute atomic E-state index is 0.509. The lowest BCUT2D eigenvalue weighted by molar-refractivity contribution is 0.228. The number of piperidine rings is 1. The van der Waals surface area contributed by atoms with Crippen LogP contribution in [0, 0.1) is 17.3 Å². The zero-order valence-corrected chi connectivity index (χ0v) is 10.7. The lowest BCUT2D eigenvalue weighted by atomic mass is 9.88. The zero-order chi connectivity index (χ0) is 11.3. The monoisotopic (exact) mass is 231 g/mol. The van der Waals surface area contributed by atoms with Gasteiger partial charge in [-0.3, -0.25) is 0 Å². The molecule has 1 heterocycles. The predicted molar refractivity (Wildman–Crippen MR) is 61.0 cm³/mol. The van der Waals surface area contributed by atoms with Crippen molar-refractivity contribution in [2.24, 2.45) is 17.3 Å². The van der Waals surface area contributed by atoms with Gasteiger partial charge in [0.05, 0.1) is 6.26 Å². The van der Waals surface area contributed by atoms with Crippen molar-refractivity contribution in [3.05, 3.63) is 0 Å². The average molecular weight is 231 g/mol. The number of sulfonamides is 1. The number of nitrogens with zero attached hydrogens (tertiary/aromatic N) is 1. The summed E-state index contributed by atoms with van der Waals surface area (Å²) in [4.78, 5) is 0.